The van der Waals surface area contributed by atoms with Crippen molar-refractivity contribution >= 4 is 17.6 Å². The molecule has 0 fully saturated rings. The van der Waals surface area contributed by atoms with Gasteiger partial charge in [-0.3, -0.25) is 4.79 Å². The van der Waals surface area contributed by atoms with Crippen molar-refractivity contribution in [3.8, 4) is 17.1 Å². The van der Waals surface area contributed by atoms with Gasteiger partial charge in [-0.2, -0.15) is 5.10 Å². The Morgan fingerprint density at radius 1 is 1.42 bits per heavy atom. The van der Waals surface area contributed by atoms with E-state index in [4.69, 9.17) is 16.3 Å². The third kappa shape index (κ3) is 3.32. The van der Waals surface area contributed by atoms with Gasteiger partial charge in [-0.05, 0) is 24.3 Å². The van der Waals surface area contributed by atoms with Gasteiger partial charge in [0, 0.05) is 24.4 Å². The number of ether oxygens (including phenoxy) is 1. The van der Waals surface area contributed by atoms with E-state index in [2.05, 4.69) is 5.10 Å². The van der Waals surface area contributed by atoms with E-state index in [1.165, 1.54) is 23.7 Å². The van der Waals surface area contributed by atoms with Crippen molar-refractivity contribution in [1.29, 1.82) is 0 Å². The van der Waals surface area contributed by atoms with Crippen molar-refractivity contribution in [1.82, 2.24) is 9.78 Å². The summed E-state index contributed by atoms with van der Waals surface area (Å²) in [5.74, 6) is -0.0725. The van der Waals surface area contributed by atoms with E-state index in [1.807, 2.05) is 0 Å². The zero-order valence-electron chi connectivity index (χ0n) is 10.3. The number of carbonyl (C=O) groups is 1. The van der Waals surface area contributed by atoms with Crippen LogP contribution in [0.3, 0.4) is 0 Å². The number of aryl methyl sites for hydroxylation is 1. The molecule has 19 heavy (non-hydrogen) atoms. The molecule has 2 aromatic rings. The molecule has 0 atom stereocenters. The average Bonchev–Trinajstić information content (AvgIpc) is 2.73. The number of hydrogen-bond acceptors (Lipinski definition) is 3. The van der Waals surface area contributed by atoms with Crippen LogP contribution in [-0.4, -0.2) is 21.6 Å². The van der Waals surface area contributed by atoms with Crippen molar-refractivity contribution in [2.75, 3.05) is 5.88 Å². The minimum Gasteiger partial charge on any atom is -0.408 e. The number of esters is 1. The molecule has 0 aliphatic rings. The van der Waals surface area contributed by atoms with Crippen LogP contribution in [0.25, 0.3) is 11.3 Å². The molecule has 100 valence electrons. The molecule has 0 aliphatic heterocycles. The number of aromatic nitrogens is 2. The molecule has 0 unspecified atom stereocenters. The van der Waals surface area contributed by atoms with Gasteiger partial charge in [-0.25, -0.2) is 9.07 Å². The Kier molecular flexibility index (Phi) is 4.16. The Hall–Kier alpha value is -1.88. The van der Waals surface area contributed by atoms with Crippen molar-refractivity contribution in [3.05, 3.63) is 36.1 Å². The number of rotatable bonds is 4. The van der Waals surface area contributed by atoms with Gasteiger partial charge in [0.15, 0.2) is 0 Å². The van der Waals surface area contributed by atoms with E-state index in [0.29, 0.717) is 24.0 Å². The molecule has 6 heteroatoms. The van der Waals surface area contributed by atoms with E-state index >= 15 is 0 Å². The quantitative estimate of drug-likeness (QED) is 0.640. The number of alkyl halides is 1. The largest absolute Gasteiger partial charge is 0.408 e. The van der Waals surface area contributed by atoms with Crippen LogP contribution in [0, 0.1) is 5.82 Å². The fourth-order valence-corrected chi connectivity index (χ4v) is 1.79. The Morgan fingerprint density at radius 3 is 2.68 bits per heavy atom. The highest BCUT2D eigenvalue weighted by atomic mass is 35.5. The molecule has 1 aromatic carbocycles. The summed E-state index contributed by atoms with van der Waals surface area (Å²) in [4.78, 5) is 11.0. The Labute approximate surface area is 114 Å². The van der Waals surface area contributed by atoms with Crippen molar-refractivity contribution in [2.45, 2.75) is 13.5 Å². The number of carbonyl (C=O) groups excluding carboxylic acids is 1. The lowest BCUT2D eigenvalue weighted by Gasteiger charge is -2.03. The highest BCUT2D eigenvalue weighted by Gasteiger charge is 2.12. The first-order valence-corrected chi connectivity index (χ1v) is 6.22. The van der Waals surface area contributed by atoms with Gasteiger partial charge in [0.1, 0.15) is 5.82 Å². The van der Waals surface area contributed by atoms with Crippen LogP contribution in [0.2, 0.25) is 0 Å². The van der Waals surface area contributed by atoms with Gasteiger partial charge in [0.2, 0.25) is 5.88 Å². The molecule has 1 aromatic heterocycles. The maximum atomic E-state index is 12.9. The van der Waals surface area contributed by atoms with Crippen LogP contribution in [-0.2, 0) is 11.3 Å². The van der Waals surface area contributed by atoms with Crippen LogP contribution in [0.4, 0.5) is 4.39 Å². The standard InChI is InChI=1S/C13H12ClFN2O2/c1-9(18)19-13-8-12(16-17(13)7-6-14)10-2-4-11(15)5-3-10/h2-5,8H,6-7H2,1H3. The van der Waals surface area contributed by atoms with E-state index in [9.17, 15) is 9.18 Å². The number of halogens is 2. The van der Waals surface area contributed by atoms with Crippen LogP contribution in [0.15, 0.2) is 30.3 Å². The lowest BCUT2D eigenvalue weighted by Crippen LogP contribution is -2.09. The molecule has 0 spiro atoms. The van der Waals surface area contributed by atoms with Crippen LogP contribution in [0.5, 0.6) is 5.88 Å². The van der Waals surface area contributed by atoms with Crippen molar-refractivity contribution in [2.24, 2.45) is 0 Å². The second kappa shape index (κ2) is 5.84. The summed E-state index contributed by atoms with van der Waals surface area (Å²) in [5, 5.41) is 4.29. The minimum atomic E-state index is -0.429. The third-order valence-corrected chi connectivity index (χ3v) is 2.60. The van der Waals surface area contributed by atoms with Crippen LogP contribution in [0.1, 0.15) is 6.92 Å². The summed E-state index contributed by atoms with van der Waals surface area (Å²) in [5.41, 5.74) is 1.34. The fraction of sp³-hybridized carbons (Fsp3) is 0.231. The van der Waals surface area contributed by atoms with Crippen molar-refractivity contribution in [3.63, 3.8) is 0 Å². The lowest BCUT2D eigenvalue weighted by atomic mass is 10.1. The maximum absolute atomic E-state index is 12.9. The molecule has 4 nitrogen and oxygen atoms in total. The normalized spacial score (nSPS) is 10.5. The smallest absolute Gasteiger partial charge is 0.309 e. The zero-order chi connectivity index (χ0) is 13.8. The van der Waals surface area contributed by atoms with Gasteiger partial charge in [0.05, 0.1) is 12.2 Å². The highest BCUT2D eigenvalue weighted by molar-refractivity contribution is 6.17. The summed E-state index contributed by atoms with van der Waals surface area (Å²) in [7, 11) is 0. The van der Waals surface area contributed by atoms with Gasteiger partial charge in [0.25, 0.3) is 0 Å². The first-order valence-electron chi connectivity index (χ1n) is 5.68. The molecular formula is C13H12ClFN2O2. The summed E-state index contributed by atoms with van der Waals surface area (Å²) in [6.07, 6.45) is 0. The Balaban J connectivity index is 2.35. The van der Waals surface area contributed by atoms with Gasteiger partial charge in [-0.1, -0.05) is 0 Å². The molecule has 0 N–H and O–H groups in total. The third-order valence-electron chi connectivity index (χ3n) is 2.43. The summed E-state index contributed by atoms with van der Waals surface area (Å²) in [6, 6.07) is 7.55. The molecule has 0 radical (unpaired) electrons. The highest BCUT2D eigenvalue weighted by Crippen LogP contribution is 2.24. The number of benzene rings is 1. The van der Waals surface area contributed by atoms with E-state index in [0.717, 1.165) is 5.56 Å². The fourth-order valence-electron chi connectivity index (χ4n) is 1.63. The minimum absolute atomic E-state index is 0.316. The summed E-state index contributed by atoms with van der Waals surface area (Å²) in [6.45, 7) is 1.74. The second-order valence-corrected chi connectivity index (χ2v) is 4.26. The van der Waals surface area contributed by atoms with Crippen LogP contribution < -0.4 is 4.74 Å². The SMILES string of the molecule is CC(=O)Oc1cc(-c2ccc(F)cc2)nn1CCCl. The lowest BCUT2D eigenvalue weighted by molar-refractivity contribution is -0.132. The molecule has 0 bridgehead atoms. The van der Waals surface area contributed by atoms with Gasteiger partial charge >= 0.3 is 5.97 Å². The Morgan fingerprint density at radius 2 is 2.11 bits per heavy atom. The van der Waals surface area contributed by atoms with Crippen LogP contribution >= 0.6 is 11.6 Å². The average molecular weight is 283 g/mol. The van der Waals surface area contributed by atoms with Gasteiger partial charge in [-0.15, -0.1) is 11.6 Å². The van der Waals surface area contributed by atoms with Crippen molar-refractivity contribution < 1.29 is 13.9 Å². The molecule has 0 saturated carbocycles. The first kappa shape index (κ1) is 13.5. The molecule has 2 rings (SSSR count). The van der Waals surface area contributed by atoms with E-state index in [-0.39, 0.29) is 5.82 Å². The second-order valence-electron chi connectivity index (χ2n) is 3.88. The van der Waals surface area contributed by atoms with E-state index in [1.54, 1.807) is 18.2 Å². The molecule has 1 heterocycles. The summed E-state index contributed by atoms with van der Waals surface area (Å²) < 4.78 is 19.4. The Bertz CT molecular complexity index is 581. The summed E-state index contributed by atoms with van der Waals surface area (Å²) >= 11 is 5.67. The maximum Gasteiger partial charge on any atom is 0.309 e. The monoisotopic (exact) mass is 282 g/mol. The zero-order valence-corrected chi connectivity index (χ0v) is 11.0. The topological polar surface area (TPSA) is 44.1 Å². The van der Waals surface area contributed by atoms with E-state index < -0.39 is 5.97 Å². The molecule has 0 aliphatic carbocycles. The predicted octanol–water partition coefficient (Wildman–Crippen LogP) is 2.85. The molecule has 0 saturated heterocycles. The molecular weight excluding hydrogens is 271 g/mol. The predicted molar refractivity (Wildman–Crippen MR) is 69.7 cm³/mol. The molecule has 0 amide bonds. The van der Waals surface area contributed by atoms with Gasteiger partial charge < -0.3 is 4.74 Å². The number of nitrogens with zero attached hydrogens (tertiary/aromatic N) is 2. The number of hydrogen-bond donors (Lipinski definition) is 0. The first-order chi connectivity index (χ1) is 9.10.